The molecule has 0 saturated heterocycles. The molecule has 0 unspecified atom stereocenters. The largest absolute Gasteiger partial charge is 0.338 e. The van der Waals surface area contributed by atoms with Crippen LogP contribution in [0.1, 0.15) is 93.1 Å². The summed E-state index contributed by atoms with van der Waals surface area (Å²) in [5.74, 6) is 1.60. The minimum Gasteiger partial charge on any atom is -0.338 e. The topological polar surface area (TPSA) is 101 Å². The molecule has 62 heavy (non-hydrogen) atoms. The van der Waals surface area contributed by atoms with Crippen molar-refractivity contribution in [2.24, 2.45) is 10.2 Å². The second-order valence-corrected chi connectivity index (χ2v) is 18.7. The number of hydrogen-bond donors (Lipinski definition) is 1. The number of anilines is 5. The first-order valence-electron chi connectivity index (χ1n) is 21.3. The SMILES string of the molecule is [C-]#[N+]c1c(C(C)(C)C)nn(-c2nc3ccccc3s2)c1N=Nc1c(C)cc(N(c2nc3ccccc3s2)c2c(CC)cc(C)cc2CC)nc1Nc1c(CC)cc(C)cc1CC. The molecular weight excluding hydrogens is 805 g/mol. The maximum Gasteiger partial charge on any atom is 0.255 e. The third kappa shape index (κ3) is 7.98. The number of pyridine rings is 1. The van der Waals surface area contributed by atoms with Crippen LogP contribution in [0.5, 0.6) is 0 Å². The van der Waals surface area contributed by atoms with Crippen LogP contribution >= 0.6 is 22.7 Å². The van der Waals surface area contributed by atoms with Gasteiger partial charge < -0.3 is 5.32 Å². The molecule has 8 aromatic rings. The van der Waals surface area contributed by atoms with Gasteiger partial charge in [-0.2, -0.15) is 9.78 Å². The van der Waals surface area contributed by atoms with Crippen molar-refractivity contribution in [2.45, 2.75) is 100 Å². The average Bonchev–Trinajstić information content (AvgIpc) is 3.99. The Balaban J connectivity index is 1.39. The highest BCUT2D eigenvalue weighted by molar-refractivity contribution is 7.22. The lowest BCUT2D eigenvalue weighted by Gasteiger charge is -2.28. The zero-order valence-corrected chi connectivity index (χ0v) is 38.8. The van der Waals surface area contributed by atoms with Gasteiger partial charge in [-0.1, -0.05) is 131 Å². The average molecular weight is 857 g/mol. The van der Waals surface area contributed by atoms with E-state index in [1.807, 2.05) is 30.3 Å². The molecule has 0 bridgehead atoms. The number of para-hydroxylation sites is 2. The molecule has 314 valence electrons. The van der Waals surface area contributed by atoms with Gasteiger partial charge in [0, 0.05) is 5.69 Å². The van der Waals surface area contributed by atoms with E-state index in [4.69, 9.17) is 36.9 Å². The standard InChI is InChI=1S/C50H52N10S2/c1-12-32-24-29(5)25-33(13-2)42(32)55-46-41(56-57-47-43(51-11)45(50(8,9)10)58-60(47)49-53-37-21-17-19-23-39(37)62-49)31(7)28-40(54-46)59(48-52-36-20-16-18-22-38(36)61-48)44-34(14-3)26-30(6)27-35(44)15-4/h16-28H,12-15H2,1-10H3,(H,54,55). The molecule has 0 aliphatic rings. The van der Waals surface area contributed by atoms with Crippen LogP contribution in [0.4, 0.5) is 45.3 Å². The van der Waals surface area contributed by atoms with Gasteiger partial charge >= 0.3 is 0 Å². The highest BCUT2D eigenvalue weighted by Gasteiger charge is 2.30. The summed E-state index contributed by atoms with van der Waals surface area (Å²) in [5, 5.41) is 20.3. The Hall–Kier alpha value is -6.29. The lowest BCUT2D eigenvalue weighted by molar-refractivity contribution is 0.562. The summed E-state index contributed by atoms with van der Waals surface area (Å²) in [7, 11) is 0. The molecule has 0 saturated carbocycles. The number of thiazole rings is 2. The van der Waals surface area contributed by atoms with Gasteiger partial charge in [-0.15, -0.1) is 10.2 Å². The quantitative estimate of drug-likeness (QED) is 0.0970. The van der Waals surface area contributed by atoms with Crippen molar-refractivity contribution in [3.63, 3.8) is 0 Å². The molecule has 4 heterocycles. The molecule has 0 aliphatic heterocycles. The van der Waals surface area contributed by atoms with Crippen LogP contribution in [-0.2, 0) is 31.1 Å². The van der Waals surface area contributed by atoms with E-state index in [-0.39, 0.29) is 0 Å². The number of fused-ring (bicyclic) bond motifs is 2. The van der Waals surface area contributed by atoms with Gasteiger partial charge in [0.1, 0.15) is 11.5 Å². The number of aryl methyl sites for hydroxylation is 7. The zero-order chi connectivity index (χ0) is 43.9. The predicted molar refractivity (Wildman–Crippen MR) is 259 cm³/mol. The van der Waals surface area contributed by atoms with E-state index in [1.165, 1.54) is 44.7 Å². The summed E-state index contributed by atoms with van der Waals surface area (Å²) in [5.41, 5.74) is 13.1. The van der Waals surface area contributed by atoms with Crippen molar-refractivity contribution in [3.8, 4) is 5.13 Å². The van der Waals surface area contributed by atoms with Crippen molar-refractivity contribution in [1.82, 2.24) is 24.7 Å². The van der Waals surface area contributed by atoms with Crippen molar-refractivity contribution >= 4 is 88.4 Å². The predicted octanol–water partition coefficient (Wildman–Crippen LogP) is 15.1. The first-order chi connectivity index (χ1) is 29.8. The fourth-order valence-electron chi connectivity index (χ4n) is 8.06. The van der Waals surface area contributed by atoms with E-state index < -0.39 is 5.41 Å². The Morgan fingerprint density at radius 2 is 1.29 bits per heavy atom. The van der Waals surface area contributed by atoms with Crippen LogP contribution in [-0.4, -0.2) is 24.7 Å². The Labute approximate surface area is 372 Å². The summed E-state index contributed by atoms with van der Waals surface area (Å²) in [6, 6.07) is 27.4. The van der Waals surface area contributed by atoms with E-state index in [0.717, 1.165) is 74.0 Å². The van der Waals surface area contributed by atoms with Crippen LogP contribution in [0.25, 0.3) is 30.4 Å². The third-order valence-corrected chi connectivity index (χ3v) is 13.1. The molecule has 4 aromatic carbocycles. The molecule has 1 N–H and O–H groups in total. The highest BCUT2D eigenvalue weighted by Crippen LogP contribution is 2.47. The molecule has 0 atom stereocenters. The molecule has 10 nitrogen and oxygen atoms in total. The number of azo groups is 1. The summed E-state index contributed by atoms with van der Waals surface area (Å²) in [6.07, 6.45) is 3.35. The molecule has 0 fully saturated rings. The highest BCUT2D eigenvalue weighted by atomic mass is 32.1. The first-order valence-corrected chi connectivity index (χ1v) is 23.0. The van der Waals surface area contributed by atoms with Crippen molar-refractivity contribution in [1.29, 1.82) is 0 Å². The normalized spacial score (nSPS) is 11.9. The van der Waals surface area contributed by atoms with Gasteiger partial charge in [-0.3, -0.25) is 4.90 Å². The van der Waals surface area contributed by atoms with E-state index in [9.17, 15) is 0 Å². The van der Waals surface area contributed by atoms with Crippen molar-refractivity contribution in [3.05, 3.63) is 135 Å². The molecular formula is C50H52N10S2. The molecule has 0 radical (unpaired) electrons. The summed E-state index contributed by atoms with van der Waals surface area (Å²) < 4.78 is 3.80. The van der Waals surface area contributed by atoms with Crippen molar-refractivity contribution in [2.75, 3.05) is 10.2 Å². The van der Waals surface area contributed by atoms with Crippen LogP contribution < -0.4 is 10.2 Å². The zero-order valence-electron chi connectivity index (χ0n) is 37.2. The van der Waals surface area contributed by atoms with Crippen LogP contribution in [0.2, 0.25) is 0 Å². The second kappa shape index (κ2) is 17.2. The van der Waals surface area contributed by atoms with E-state index >= 15 is 0 Å². The second-order valence-electron chi connectivity index (χ2n) is 16.7. The monoisotopic (exact) mass is 856 g/mol. The molecule has 0 spiro atoms. The minimum atomic E-state index is -0.439. The third-order valence-electron chi connectivity index (χ3n) is 11.1. The first kappa shape index (κ1) is 42.4. The molecule has 4 aromatic heterocycles. The summed E-state index contributed by atoms with van der Waals surface area (Å²) in [4.78, 5) is 22.0. The van der Waals surface area contributed by atoms with Gasteiger partial charge in [-0.05, 0) is 110 Å². The van der Waals surface area contributed by atoms with Gasteiger partial charge in [0.05, 0.1) is 38.4 Å². The molecule has 12 heteroatoms. The van der Waals surface area contributed by atoms with E-state index in [1.54, 1.807) is 16.0 Å². The number of benzene rings is 4. The summed E-state index contributed by atoms with van der Waals surface area (Å²) >= 11 is 3.16. The molecule has 8 rings (SSSR count). The van der Waals surface area contributed by atoms with Gasteiger partial charge in [0.2, 0.25) is 5.13 Å². The Kier molecular flexibility index (Phi) is 11.8. The minimum absolute atomic E-state index is 0.327. The van der Waals surface area contributed by atoms with Gasteiger partial charge in [0.15, 0.2) is 16.8 Å². The Bertz CT molecular complexity index is 2930. The van der Waals surface area contributed by atoms with Gasteiger partial charge in [-0.25, -0.2) is 19.8 Å². The fraction of sp³-hybridized carbons (Fsp3) is 0.300. The number of hydrogen-bond acceptors (Lipinski definition) is 10. The van der Waals surface area contributed by atoms with Crippen molar-refractivity contribution < 1.29 is 0 Å². The van der Waals surface area contributed by atoms with E-state index in [2.05, 4.69) is 133 Å². The van der Waals surface area contributed by atoms with Gasteiger partial charge in [0.25, 0.3) is 5.69 Å². The lowest BCUT2D eigenvalue weighted by Crippen LogP contribution is -2.17. The van der Waals surface area contributed by atoms with E-state index in [0.29, 0.717) is 33.8 Å². The molecule has 0 aliphatic carbocycles. The maximum atomic E-state index is 8.39. The maximum absolute atomic E-state index is 8.39. The molecule has 0 amide bonds. The number of aromatic nitrogens is 5. The summed E-state index contributed by atoms with van der Waals surface area (Å²) in [6.45, 7) is 29.7. The van der Waals surface area contributed by atoms with Crippen LogP contribution in [0, 0.1) is 27.3 Å². The Morgan fingerprint density at radius 1 is 0.726 bits per heavy atom. The number of nitrogens with one attached hydrogen (secondary N) is 1. The lowest BCUT2D eigenvalue weighted by atomic mass is 9.91. The number of rotatable bonds is 12. The smallest absolute Gasteiger partial charge is 0.255 e. The number of nitrogens with zero attached hydrogens (tertiary/aromatic N) is 9. The van der Waals surface area contributed by atoms with Crippen LogP contribution in [0.15, 0.2) is 89.1 Å². The fourth-order valence-corrected chi connectivity index (χ4v) is 9.96. The van der Waals surface area contributed by atoms with Crippen LogP contribution in [0.3, 0.4) is 0 Å². The Morgan fingerprint density at radius 3 is 1.84 bits per heavy atom.